The van der Waals surface area contributed by atoms with Gasteiger partial charge in [0, 0.05) is 50.6 Å². The predicted octanol–water partition coefficient (Wildman–Crippen LogP) is 2.89. The summed E-state index contributed by atoms with van der Waals surface area (Å²) in [6, 6.07) is 6.08. The number of benzene rings is 1. The minimum atomic E-state index is 0.670. The SMILES string of the molecule is COc1ccc(CN2CCC[C@@H](Cc3nccn3C)C2)c(OC)c1. The molecular weight excluding hydrogens is 302 g/mol. The number of ether oxygens (including phenoxy) is 2. The molecule has 5 nitrogen and oxygen atoms in total. The van der Waals surface area contributed by atoms with Crippen molar-refractivity contribution in [2.45, 2.75) is 25.8 Å². The smallest absolute Gasteiger partial charge is 0.127 e. The number of hydrogen-bond acceptors (Lipinski definition) is 4. The molecule has 1 aromatic heterocycles. The third kappa shape index (κ3) is 3.90. The maximum Gasteiger partial charge on any atom is 0.127 e. The topological polar surface area (TPSA) is 39.5 Å². The van der Waals surface area contributed by atoms with Crippen LogP contribution in [-0.2, 0) is 20.0 Å². The van der Waals surface area contributed by atoms with Gasteiger partial charge in [0.1, 0.15) is 17.3 Å². The largest absolute Gasteiger partial charge is 0.497 e. The maximum absolute atomic E-state index is 5.54. The molecule has 2 aromatic rings. The summed E-state index contributed by atoms with van der Waals surface area (Å²) in [5.41, 5.74) is 1.22. The minimum Gasteiger partial charge on any atom is -0.497 e. The van der Waals surface area contributed by atoms with Crippen molar-refractivity contribution in [2.24, 2.45) is 13.0 Å². The number of methoxy groups -OCH3 is 2. The van der Waals surface area contributed by atoms with E-state index in [0.29, 0.717) is 5.92 Å². The Labute approximate surface area is 144 Å². The molecule has 3 rings (SSSR count). The molecule has 130 valence electrons. The van der Waals surface area contributed by atoms with Gasteiger partial charge in [0.25, 0.3) is 0 Å². The van der Waals surface area contributed by atoms with Crippen molar-refractivity contribution in [1.82, 2.24) is 14.5 Å². The fourth-order valence-corrected chi connectivity index (χ4v) is 3.54. The average molecular weight is 329 g/mol. The third-order valence-corrected chi connectivity index (χ3v) is 4.88. The Morgan fingerprint density at radius 3 is 2.83 bits per heavy atom. The Morgan fingerprint density at radius 2 is 2.12 bits per heavy atom. The third-order valence-electron chi connectivity index (χ3n) is 4.88. The highest BCUT2D eigenvalue weighted by Gasteiger charge is 2.22. The van der Waals surface area contributed by atoms with E-state index >= 15 is 0 Å². The molecule has 2 heterocycles. The molecule has 0 unspecified atom stereocenters. The number of imidazole rings is 1. The van der Waals surface area contributed by atoms with E-state index in [1.807, 2.05) is 24.5 Å². The summed E-state index contributed by atoms with van der Waals surface area (Å²) in [7, 11) is 5.48. The summed E-state index contributed by atoms with van der Waals surface area (Å²) in [5, 5.41) is 0. The van der Waals surface area contributed by atoms with Crippen LogP contribution in [0.25, 0.3) is 0 Å². The Hall–Kier alpha value is -2.01. The second-order valence-corrected chi connectivity index (χ2v) is 6.58. The van der Waals surface area contributed by atoms with Crippen LogP contribution in [0.3, 0.4) is 0 Å². The van der Waals surface area contributed by atoms with Gasteiger partial charge in [0.15, 0.2) is 0 Å². The zero-order chi connectivity index (χ0) is 16.9. The zero-order valence-corrected chi connectivity index (χ0v) is 14.9. The molecule has 1 atom stereocenters. The van der Waals surface area contributed by atoms with Crippen molar-refractivity contribution in [2.75, 3.05) is 27.3 Å². The molecular formula is C19H27N3O2. The maximum atomic E-state index is 5.54. The predicted molar refractivity (Wildman–Crippen MR) is 94.5 cm³/mol. The molecule has 0 N–H and O–H groups in total. The first-order valence-corrected chi connectivity index (χ1v) is 8.59. The quantitative estimate of drug-likeness (QED) is 0.817. The van der Waals surface area contributed by atoms with E-state index in [0.717, 1.165) is 37.6 Å². The van der Waals surface area contributed by atoms with Crippen molar-refractivity contribution < 1.29 is 9.47 Å². The number of piperidine rings is 1. The van der Waals surface area contributed by atoms with E-state index in [2.05, 4.69) is 27.6 Å². The van der Waals surface area contributed by atoms with Gasteiger partial charge in [-0.15, -0.1) is 0 Å². The van der Waals surface area contributed by atoms with Gasteiger partial charge in [-0.2, -0.15) is 0 Å². The van der Waals surface area contributed by atoms with Gasteiger partial charge in [0.05, 0.1) is 14.2 Å². The van der Waals surface area contributed by atoms with Crippen LogP contribution >= 0.6 is 0 Å². The Morgan fingerprint density at radius 1 is 1.25 bits per heavy atom. The lowest BCUT2D eigenvalue weighted by Crippen LogP contribution is -2.36. The molecule has 1 saturated heterocycles. The van der Waals surface area contributed by atoms with Crippen LogP contribution in [0.1, 0.15) is 24.2 Å². The monoisotopic (exact) mass is 329 g/mol. The highest BCUT2D eigenvalue weighted by molar-refractivity contribution is 5.40. The second-order valence-electron chi connectivity index (χ2n) is 6.58. The second kappa shape index (κ2) is 7.71. The van der Waals surface area contributed by atoms with Crippen molar-refractivity contribution in [3.63, 3.8) is 0 Å². The van der Waals surface area contributed by atoms with Crippen molar-refractivity contribution in [3.05, 3.63) is 42.0 Å². The molecule has 0 aliphatic carbocycles. The van der Waals surface area contributed by atoms with Crippen molar-refractivity contribution >= 4 is 0 Å². The van der Waals surface area contributed by atoms with E-state index in [-0.39, 0.29) is 0 Å². The van der Waals surface area contributed by atoms with Crippen LogP contribution in [0.15, 0.2) is 30.6 Å². The zero-order valence-electron chi connectivity index (χ0n) is 14.9. The molecule has 0 saturated carbocycles. The Kier molecular flexibility index (Phi) is 5.41. The summed E-state index contributed by atoms with van der Waals surface area (Å²) in [4.78, 5) is 7.01. The van der Waals surface area contributed by atoms with Crippen molar-refractivity contribution in [1.29, 1.82) is 0 Å². The van der Waals surface area contributed by atoms with E-state index in [1.54, 1.807) is 14.2 Å². The molecule has 0 amide bonds. The number of hydrogen-bond donors (Lipinski definition) is 0. The van der Waals surface area contributed by atoms with Crippen LogP contribution in [0.2, 0.25) is 0 Å². The van der Waals surface area contributed by atoms with Crippen LogP contribution in [-0.4, -0.2) is 41.8 Å². The number of rotatable bonds is 6. The molecule has 1 aromatic carbocycles. The van der Waals surface area contributed by atoms with Gasteiger partial charge < -0.3 is 14.0 Å². The van der Waals surface area contributed by atoms with Crippen LogP contribution in [0.4, 0.5) is 0 Å². The first-order chi connectivity index (χ1) is 11.7. The van der Waals surface area contributed by atoms with E-state index in [1.165, 1.54) is 24.2 Å². The van der Waals surface area contributed by atoms with Gasteiger partial charge in [-0.3, -0.25) is 4.90 Å². The lowest BCUT2D eigenvalue weighted by molar-refractivity contribution is 0.164. The summed E-state index contributed by atoms with van der Waals surface area (Å²) in [6.07, 6.45) is 7.49. The van der Waals surface area contributed by atoms with E-state index in [9.17, 15) is 0 Å². The lowest BCUT2D eigenvalue weighted by Gasteiger charge is -2.33. The Bertz CT molecular complexity index is 668. The lowest BCUT2D eigenvalue weighted by atomic mass is 9.94. The molecule has 0 spiro atoms. The summed E-state index contributed by atoms with van der Waals surface area (Å²) >= 11 is 0. The summed E-state index contributed by atoms with van der Waals surface area (Å²) in [5.74, 6) is 3.59. The van der Waals surface area contributed by atoms with E-state index < -0.39 is 0 Å². The minimum absolute atomic E-state index is 0.670. The molecule has 5 heteroatoms. The fraction of sp³-hybridized carbons (Fsp3) is 0.526. The highest BCUT2D eigenvalue weighted by Crippen LogP contribution is 2.28. The van der Waals surface area contributed by atoms with Gasteiger partial charge in [0.2, 0.25) is 0 Å². The van der Waals surface area contributed by atoms with E-state index in [4.69, 9.17) is 9.47 Å². The Balaban J connectivity index is 1.64. The first-order valence-electron chi connectivity index (χ1n) is 8.59. The number of nitrogens with zero attached hydrogens (tertiary/aromatic N) is 3. The number of aromatic nitrogens is 2. The van der Waals surface area contributed by atoms with Crippen LogP contribution < -0.4 is 9.47 Å². The van der Waals surface area contributed by atoms with Gasteiger partial charge in [-0.25, -0.2) is 4.98 Å². The first kappa shape index (κ1) is 16.8. The molecule has 0 bridgehead atoms. The van der Waals surface area contributed by atoms with Crippen molar-refractivity contribution in [3.8, 4) is 11.5 Å². The number of aryl methyl sites for hydroxylation is 1. The normalized spacial score (nSPS) is 18.5. The van der Waals surface area contributed by atoms with Gasteiger partial charge in [-0.1, -0.05) is 6.07 Å². The summed E-state index contributed by atoms with van der Waals surface area (Å²) < 4.78 is 13.0. The molecule has 1 aliphatic rings. The standard InChI is InChI=1S/C19H27N3O2/c1-21-10-8-20-19(21)11-15-5-4-9-22(13-15)14-16-6-7-17(23-2)12-18(16)24-3/h6-8,10,12,15H,4-5,9,11,13-14H2,1-3H3/t15-/m0/s1. The average Bonchev–Trinajstić information content (AvgIpc) is 3.00. The number of likely N-dealkylation sites (tertiary alicyclic amines) is 1. The van der Waals surface area contributed by atoms with Crippen LogP contribution in [0, 0.1) is 5.92 Å². The molecule has 24 heavy (non-hydrogen) atoms. The highest BCUT2D eigenvalue weighted by atomic mass is 16.5. The molecule has 0 radical (unpaired) electrons. The van der Waals surface area contributed by atoms with Gasteiger partial charge >= 0.3 is 0 Å². The van der Waals surface area contributed by atoms with Crippen LogP contribution in [0.5, 0.6) is 11.5 Å². The molecule has 1 fully saturated rings. The van der Waals surface area contributed by atoms with Gasteiger partial charge in [-0.05, 0) is 31.4 Å². The molecule has 1 aliphatic heterocycles. The fourth-order valence-electron chi connectivity index (χ4n) is 3.54. The summed E-state index contributed by atoms with van der Waals surface area (Å²) in [6.45, 7) is 3.18.